The van der Waals surface area contributed by atoms with Crippen molar-refractivity contribution >= 4 is 5.91 Å². The molecule has 1 N–H and O–H groups in total. The van der Waals surface area contributed by atoms with Crippen molar-refractivity contribution in [2.24, 2.45) is 5.92 Å². The van der Waals surface area contributed by atoms with Crippen molar-refractivity contribution in [2.75, 3.05) is 19.6 Å². The Morgan fingerprint density at radius 2 is 2.41 bits per heavy atom. The van der Waals surface area contributed by atoms with Crippen LogP contribution in [-0.4, -0.2) is 36.5 Å². The van der Waals surface area contributed by atoms with E-state index in [9.17, 15) is 4.79 Å². The van der Waals surface area contributed by atoms with E-state index < -0.39 is 0 Å². The summed E-state index contributed by atoms with van der Waals surface area (Å²) in [5.41, 5.74) is 0. The lowest BCUT2D eigenvalue weighted by Crippen LogP contribution is -2.38. The Balaban J connectivity index is 1.77. The summed E-state index contributed by atoms with van der Waals surface area (Å²) in [4.78, 5) is 14.3. The molecule has 2 atom stereocenters. The van der Waals surface area contributed by atoms with Gasteiger partial charge in [-0.05, 0) is 24.5 Å². The predicted octanol–water partition coefficient (Wildman–Crippen LogP) is 1.28. The van der Waals surface area contributed by atoms with Crippen LogP contribution in [0, 0.1) is 5.92 Å². The lowest BCUT2D eigenvalue weighted by molar-refractivity contribution is 0.0703. The van der Waals surface area contributed by atoms with Crippen LogP contribution in [0.1, 0.15) is 29.7 Å². The van der Waals surface area contributed by atoms with E-state index in [4.69, 9.17) is 4.42 Å². The third-order valence-electron chi connectivity index (χ3n) is 3.93. The minimum atomic E-state index is 0.0564. The van der Waals surface area contributed by atoms with Gasteiger partial charge in [0, 0.05) is 32.1 Å². The first-order chi connectivity index (χ1) is 8.29. The first-order valence-electron chi connectivity index (χ1n) is 6.40. The van der Waals surface area contributed by atoms with Crippen LogP contribution >= 0.6 is 0 Å². The molecule has 2 saturated heterocycles. The topological polar surface area (TPSA) is 45.5 Å². The normalized spacial score (nSPS) is 27.5. The molecule has 0 spiro atoms. The molecular weight excluding hydrogens is 216 g/mol. The van der Waals surface area contributed by atoms with Crippen molar-refractivity contribution in [1.29, 1.82) is 0 Å². The van der Waals surface area contributed by atoms with E-state index in [-0.39, 0.29) is 5.91 Å². The summed E-state index contributed by atoms with van der Waals surface area (Å²) >= 11 is 0. The molecule has 4 heteroatoms. The van der Waals surface area contributed by atoms with Crippen molar-refractivity contribution in [3.63, 3.8) is 0 Å². The Morgan fingerprint density at radius 1 is 1.53 bits per heavy atom. The van der Waals surface area contributed by atoms with E-state index >= 15 is 0 Å². The van der Waals surface area contributed by atoms with Crippen molar-refractivity contribution in [3.05, 3.63) is 23.7 Å². The number of carbonyl (C=O) groups excluding carboxylic acids is 1. The van der Waals surface area contributed by atoms with Gasteiger partial charge in [-0.25, -0.2) is 0 Å². The quantitative estimate of drug-likeness (QED) is 0.838. The fourth-order valence-corrected chi connectivity index (χ4v) is 2.93. The molecule has 0 unspecified atom stereocenters. The molecular formula is C13H18N2O2. The van der Waals surface area contributed by atoms with Gasteiger partial charge in [0.2, 0.25) is 0 Å². The lowest BCUT2D eigenvalue weighted by Gasteiger charge is -2.22. The maximum atomic E-state index is 12.3. The van der Waals surface area contributed by atoms with E-state index in [1.807, 2.05) is 17.9 Å². The molecule has 2 fully saturated rings. The smallest absolute Gasteiger partial charge is 0.289 e. The molecule has 3 heterocycles. The number of carbonyl (C=O) groups is 1. The molecule has 3 rings (SSSR count). The molecule has 2 aliphatic rings. The molecule has 17 heavy (non-hydrogen) atoms. The summed E-state index contributed by atoms with van der Waals surface area (Å²) in [6.45, 7) is 4.88. The number of nitrogens with zero attached hydrogens (tertiary/aromatic N) is 1. The number of hydrogen-bond acceptors (Lipinski definition) is 3. The summed E-state index contributed by atoms with van der Waals surface area (Å²) in [6, 6.07) is 4.07. The number of amides is 1. The highest BCUT2D eigenvalue weighted by Crippen LogP contribution is 2.28. The zero-order valence-electron chi connectivity index (χ0n) is 10.1. The Labute approximate surface area is 101 Å². The third kappa shape index (κ3) is 1.76. The fourth-order valence-electron chi connectivity index (χ4n) is 2.93. The zero-order chi connectivity index (χ0) is 11.8. The van der Waals surface area contributed by atoms with Crippen LogP contribution in [0.25, 0.3) is 0 Å². The van der Waals surface area contributed by atoms with Crippen LogP contribution in [0.2, 0.25) is 0 Å². The average molecular weight is 234 g/mol. The second kappa shape index (κ2) is 4.18. The molecule has 0 saturated carbocycles. The highest BCUT2D eigenvalue weighted by molar-refractivity contribution is 5.92. The second-order valence-corrected chi connectivity index (χ2v) is 4.89. The van der Waals surface area contributed by atoms with Crippen LogP contribution in [0.15, 0.2) is 16.5 Å². The van der Waals surface area contributed by atoms with Gasteiger partial charge in [0.15, 0.2) is 5.76 Å². The van der Waals surface area contributed by atoms with Gasteiger partial charge in [0.1, 0.15) is 5.76 Å². The van der Waals surface area contributed by atoms with E-state index in [1.54, 1.807) is 6.07 Å². The zero-order valence-corrected chi connectivity index (χ0v) is 10.1. The Bertz CT molecular complexity index is 427. The van der Waals surface area contributed by atoms with Crippen LogP contribution in [0.4, 0.5) is 0 Å². The van der Waals surface area contributed by atoms with Gasteiger partial charge in [-0.1, -0.05) is 6.92 Å². The molecule has 4 nitrogen and oxygen atoms in total. The average Bonchev–Trinajstić information content (AvgIpc) is 3.04. The molecule has 1 amide bonds. The van der Waals surface area contributed by atoms with E-state index in [0.29, 0.717) is 17.7 Å². The first-order valence-corrected chi connectivity index (χ1v) is 6.40. The summed E-state index contributed by atoms with van der Waals surface area (Å²) in [5, 5.41) is 3.35. The number of furan rings is 1. The van der Waals surface area contributed by atoms with Crippen molar-refractivity contribution in [1.82, 2.24) is 10.2 Å². The summed E-state index contributed by atoms with van der Waals surface area (Å²) in [6.07, 6.45) is 1.95. The van der Waals surface area contributed by atoms with Crippen LogP contribution in [0.5, 0.6) is 0 Å². The SMILES string of the molecule is CCc1ccc(C(=O)N2CC[C@H]3CNC[C@H]32)o1. The van der Waals surface area contributed by atoms with E-state index in [1.165, 1.54) is 0 Å². The summed E-state index contributed by atoms with van der Waals surface area (Å²) in [5.74, 6) is 2.07. The van der Waals surface area contributed by atoms with Crippen LogP contribution in [0.3, 0.4) is 0 Å². The van der Waals surface area contributed by atoms with Crippen LogP contribution in [-0.2, 0) is 6.42 Å². The molecule has 0 bridgehead atoms. The predicted molar refractivity (Wildman–Crippen MR) is 63.9 cm³/mol. The van der Waals surface area contributed by atoms with Gasteiger partial charge in [0.05, 0.1) is 0 Å². The minimum absolute atomic E-state index is 0.0564. The Morgan fingerprint density at radius 3 is 3.18 bits per heavy atom. The molecule has 0 radical (unpaired) electrons. The van der Waals surface area contributed by atoms with Gasteiger partial charge in [-0.3, -0.25) is 4.79 Å². The van der Waals surface area contributed by atoms with Gasteiger partial charge in [-0.2, -0.15) is 0 Å². The fraction of sp³-hybridized carbons (Fsp3) is 0.615. The molecule has 0 aliphatic carbocycles. The molecule has 2 aliphatic heterocycles. The maximum Gasteiger partial charge on any atom is 0.289 e. The number of aryl methyl sites for hydroxylation is 1. The molecule has 1 aromatic heterocycles. The minimum Gasteiger partial charge on any atom is -0.456 e. The number of likely N-dealkylation sites (tertiary alicyclic amines) is 1. The second-order valence-electron chi connectivity index (χ2n) is 4.89. The van der Waals surface area contributed by atoms with Gasteiger partial charge >= 0.3 is 0 Å². The first kappa shape index (κ1) is 10.8. The largest absolute Gasteiger partial charge is 0.456 e. The van der Waals surface area contributed by atoms with E-state index in [0.717, 1.165) is 38.2 Å². The van der Waals surface area contributed by atoms with Crippen LogP contribution < -0.4 is 5.32 Å². The molecule has 1 aromatic rings. The van der Waals surface area contributed by atoms with Gasteiger partial charge in [-0.15, -0.1) is 0 Å². The molecule has 0 aromatic carbocycles. The maximum absolute atomic E-state index is 12.3. The Kier molecular flexibility index (Phi) is 2.67. The van der Waals surface area contributed by atoms with Crippen molar-refractivity contribution < 1.29 is 9.21 Å². The monoisotopic (exact) mass is 234 g/mol. The number of hydrogen-bond donors (Lipinski definition) is 1. The number of nitrogens with one attached hydrogen (secondary N) is 1. The Hall–Kier alpha value is -1.29. The van der Waals surface area contributed by atoms with Gasteiger partial charge < -0.3 is 14.6 Å². The summed E-state index contributed by atoms with van der Waals surface area (Å²) < 4.78 is 5.54. The summed E-state index contributed by atoms with van der Waals surface area (Å²) in [7, 11) is 0. The molecule has 92 valence electrons. The van der Waals surface area contributed by atoms with Crippen molar-refractivity contribution in [2.45, 2.75) is 25.8 Å². The third-order valence-corrected chi connectivity index (χ3v) is 3.93. The number of fused-ring (bicyclic) bond motifs is 1. The lowest BCUT2D eigenvalue weighted by atomic mass is 10.1. The van der Waals surface area contributed by atoms with Crippen molar-refractivity contribution in [3.8, 4) is 0 Å². The highest BCUT2D eigenvalue weighted by Gasteiger charge is 2.40. The van der Waals surface area contributed by atoms with E-state index in [2.05, 4.69) is 5.32 Å². The standard InChI is InChI=1S/C13H18N2O2/c1-2-10-3-4-12(17-10)13(16)15-6-5-9-7-14-8-11(9)15/h3-4,9,11,14H,2,5-8H2,1H3/t9-,11+/m0/s1. The highest BCUT2D eigenvalue weighted by atomic mass is 16.4. The van der Waals surface area contributed by atoms with Gasteiger partial charge in [0.25, 0.3) is 5.91 Å². The number of rotatable bonds is 2.